The summed E-state index contributed by atoms with van der Waals surface area (Å²) in [6, 6.07) is 5.84. The predicted octanol–water partition coefficient (Wildman–Crippen LogP) is 2.39. The SMILES string of the molecule is CCC(=O)N1CCCN(C(=O)c2ccc(C)c(C)c2)CC1. The molecular weight excluding hydrogens is 264 g/mol. The Morgan fingerprint density at radius 1 is 1.00 bits per heavy atom. The average Bonchev–Trinajstić information content (AvgIpc) is 2.74. The Morgan fingerprint density at radius 3 is 2.33 bits per heavy atom. The van der Waals surface area contributed by atoms with Crippen LogP contribution in [0.4, 0.5) is 0 Å². The van der Waals surface area contributed by atoms with Crippen molar-refractivity contribution in [3.8, 4) is 0 Å². The summed E-state index contributed by atoms with van der Waals surface area (Å²) in [5.41, 5.74) is 3.08. The van der Waals surface area contributed by atoms with Gasteiger partial charge in [-0.1, -0.05) is 13.0 Å². The molecule has 0 spiro atoms. The minimum atomic E-state index is 0.0731. The second kappa shape index (κ2) is 6.74. The molecule has 0 N–H and O–H groups in total. The lowest BCUT2D eigenvalue weighted by molar-refractivity contribution is -0.130. The van der Waals surface area contributed by atoms with Crippen molar-refractivity contribution in [3.63, 3.8) is 0 Å². The highest BCUT2D eigenvalue weighted by atomic mass is 16.2. The Kier molecular flexibility index (Phi) is 4.99. The molecule has 1 aliphatic rings. The maximum Gasteiger partial charge on any atom is 0.253 e. The average molecular weight is 288 g/mol. The zero-order valence-corrected chi connectivity index (χ0v) is 13.2. The number of benzene rings is 1. The van der Waals surface area contributed by atoms with Crippen molar-refractivity contribution in [3.05, 3.63) is 34.9 Å². The van der Waals surface area contributed by atoms with E-state index in [9.17, 15) is 9.59 Å². The molecule has 114 valence electrons. The standard InChI is InChI=1S/C17H24N2O2/c1-4-16(20)18-8-5-9-19(11-10-18)17(21)15-7-6-13(2)14(3)12-15/h6-7,12H,4-5,8-11H2,1-3H3. The molecule has 0 unspecified atom stereocenters. The van der Waals surface area contributed by atoms with Gasteiger partial charge < -0.3 is 9.80 Å². The first-order valence-electron chi connectivity index (χ1n) is 7.67. The van der Waals surface area contributed by atoms with Crippen LogP contribution in [-0.2, 0) is 4.79 Å². The first-order chi connectivity index (χ1) is 10.0. The van der Waals surface area contributed by atoms with Gasteiger partial charge in [0.1, 0.15) is 0 Å². The highest BCUT2D eigenvalue weighted by Gasteiger charge is 2.22. The Hall–Kier alpha value is -1.84. The molecule has 1 aliphatic heterocycles. The molecule has 0 aromatic heterocycles. The van der Waals surface area contributed by atoms with Crippen LogP contribution in [0.1, 0.15) is 41.3 Å². The first kappa shape index (κ1) is 15.5. The maximum absolute atomic E-state index is 12.6. The number of carbonyl (C=O) groups excluding carboxylic acids is 2. The van der Waals surface area contributed by atoms with Crippen LogP contribution in [0.25, 0.3) is 0 Å². The molecule has 0 bridgehead atoms. The zero-order chi connectivity index (χ0) is 15.4. The van der Waals surface area contributed by atoms with Gasteiger partial charge in [0.15, 0.2) is 0 Å². The summed E-state index contributed by atoms with van der Waals surface area (Å²) in [7, 11) is 0. The minimum absolute atomic E-state index is 0.0731. The summed E-state index contributed by atoms with van der Waals surface area (Å²) in [6.45, 7) is 8.69. The van der Waals surface area contributed by atoms with Gasteiger partial charge in [0.25, 0.3) is 5.91 Å². The molecule has 1 fully saturated rings. The topological polar surface area (TPSA) is 40.6 Å². The van der Waals surface area contributed by atoms with Gasteiger partial charge in [-0.25, -0.2) is 0 Å². The molecule has 0 saturated carbocycles. The van der Waals surface area contributed by atoms with Gasteiger partial charge in [0.05, 0.1) is 0 Å². The molecule has 0 aliphatic carbocycles. The summed E-state index contributed by atoms with van der Waals surface area (Å²) in [5.74, 6) is 0.249. The van der Waals surface area contributed by atoms with Crippen molar-refractivity contribution in [2.24, 2.45) is 0 Å². The number of rotatable bonds is 2. The predicted molar refractivity (Wildman–Crippen MR) is 83.3 cm³/mol. The molecule has 2 amide bonds. The lowest BCUT2D eigenvalue weighted by Gasteiger charge is -2.22. The Balaban J connectivity index is 2.06. The second-order valence-corrected chi connectivity index (χ2v) is 5.68. The highest BCUT2D eigenvalue weighted by Crippen LogP contribution is 2.14. The monoisotopic (exact) mass is 288 g/mol. The van der Waals surface area contributed by atoms with E-state index < -0.39 is 0 Å². The van der Waals surface area contributed by atoms with E-state index in [-0.39, 0.29) is 11.8 Å². The number of carbonyl (C=O) groups is 2. The van der Waals surface area contributed by atoms with Gasteiger partial charge in [-0.05, 0) is 43.5 Å². The Labute approximate surface area is 126 Å². The number of hydrogen-bond donors (Lipinski definition) is 0. The normalized spacial score (nSPS) is 15.8. The number of nitrogens with zero attached hydrogens (tertiary/aromatic N) is 2. The van der Waals surface area contributed by atoms with Crippen LogP contribution in [0.2, 0.25) is 0 Å². The number of aryl methyl sites for hydroxylation is 2. The van der Waals surface area contributed by atoms with Crippen LogP contribution in [0.3, 0.4) is 0 Å². The third-order valence-corrected chi connectivity index (χ3v) is 4.19. The molecule has 4 nitrogen and oxygen atoms in total. The molecule has 4 heteroatoms. The smallest absolute Gasteiger partial charge is 0.253 e. The molecular formula is C17H24N2O2. The zero-order valence-electron chi connectivity index (χ0n) is 13.2. The second-order valence-electron chi connectivity index (χ2n) is 5.68. The Morgan fingerprint density at radius 2 is 1.67 bits per heavy atom. The molecule has 2 rings (SSSR count). The summed E-state index contributed by atoms with van der Waals surface area (Å²) in [4.78, 5) is 28.1. The third kappa shape index (κ3) is 3.63. The van der Waals surface area contributed by atoms with Gasteiger partial charge >= 0.3 is 0 Å². The molecule has 21 heavy (non-hydrogen) atoms. The van der Waals surface area contributed by atoms with Crippen LogP contribution < -0.4 is 0 Å². The fourth-order valence-electron chi connectivity index (χ4n) is 2.65. The molecule has 0 atom stereocenters. The van der Waals surface area contributed by atoms with E-state index in [0.717, 1.165) is 30.6 Å². The first-order valence-corrected chi connectivity index (χ1v) is 7.67. The van der Waals surface area contributed by atoms with E-state index in [0.29, 0.717) is 19.5 Å². The molecule has 0 radical (unpaired) electrons. The van der Waals surface area contributed by atoms with E-state index in [1.807, 2.05) is 48.8 Å². The van der Waals surface area contributed by atoms with E-state index in [2.05, 4.69) is 0 Å². The quantitative estimate of drug-likeness (QED) is 0.838. The van der Waals surface area contributed by atoms with Gasteiger partial charge in [-0.3, -0.25) is 9.59 Å². The summed E-state index contributed by atoms with van der Waals surface area (Å²) in [5, 5.41) is 0. The third-order valence-electron chi connectivity index (χ3n) is 4.19. The molecule has 1 aromatic rings. The minimum Gasteiger partial charge on any atom is -0.341 e. The summed E-state index contributed by atoms with van der Waals surface area (Å²) >= 11 is 0. The van der Waals surface area contributed by atoms with Gasteiger partial charge in [-0.2, -0.15) is 0 Å². The highest BCUT2D eigenvalue weighted by molar-refractivity contribution is 5.94. The van der Waals surface area contributed by atoms with Crippen LogP contribution in [0, 0.1) is 13.8 Å². The molecule has 1 heterocycles. The van der Waals surface area contributed by atoms with Crippen LogP contribution in [0.5, 0.6) is 0 Å². The van der Waals surface area contributed by atoms with E-state index in [1.165, 1.54) is 5.56 Å². The molecule has 1 aromatic carbocycles. The largest absolute Gasteiger partial charge is 0.341 e. The van der Waals surface area contributed by atoms with E-state index in [4.69, 9.17) is 0 Å². The summed E-state index contributed by atoms with van der Waals surface area (Å²) in [6.07, 6.45) is 1.38. The van der Waals surface area contributed by atoms with Crippen LogP contribution in [0.15, 0.2) is 18.2 Å². The maximum atomic E-state index is 12.6. The number of amides is 2. The fraction of sp³-hybridized carbons (Fsp3) is 0.529. The van der Waals surface area contributed by atoms with Gasteiger partial charge in [-0.15, -0.1) is 0 Å². The van der Waals surface area contributed by atoms with Crippen LogP contribution >= 0.6 is 0 Å². The van der Waals surface area contributed by atoms with Crippen molar-refractivity contribution >= 4 is 11.8 Å². The number of hydrogen-bond acceptors (Lipinski definition) is 2. The van der Waals surface area contributed by atoms with Crippen molar-refractivity contribution in [1.29, 1.82) is 0 Å². The Bertz CT molecular complexity index is 540. The van der Waals surface area contributed by atoms with Crippen molar-refractivity contribution in [2.75, 3.05) is 26.2 Å². The fourth-order valence-corrected chi connectivity index (χ4v) is 2.65. The molecule has 1 saturated heterocycles. The van der Waals surface area contributed by atoms with Crippen molar-refractivity contribution in [1.82, 2.24) is 9.80 Å². The van der Waals surface area contributed by atoms with Gasteiger partial charge in [0, 0.05) is 38.2 Å². The van der Waals surface area contributed by atoms with Crippen molar-refractivity contribution in [2.45, 2.75) is 33.6 Å². The van der Waals surface area contributed by atoms with E-state index in [1.54, 1.807) is 0 Å². The van der Waals surface area contributed by atoms with Gasteiger partial charge in [0.2, 0.25) is 5.91 Å². The summed E-state index contributed by atoms with van der Waals surface area (Å²) < 4.78 is 0. The van der Waals surface area contributed by atoms with Crippen molar-refractivity contribution < 1.29 is 9.59 Å². The van der Waals surface area contributed by atoms with E-state index >= 15 is 0 Å². The van der Waals surface area contributed by atoms with Crippen LogP contribution in [-0.4, -0.2) is 47.8 Å². The lowest BCUT2D eigenvalue weighted by atomic mass is 10.1. The lowest BCUT2D eigenvalue weighted by Crippen LogP contribution is -2.37.